The highest BCUT2D eigenvalue weighted by atomic mass is 35.5. The molecule has 0 spiro atoms. The molecule has 1 aromatic rings. The van der Waals surface area contributed by atoms with Crippen LogP contribution in [0.1, 0.15) is 16.8 Å². The topological polar surface area (TPSA) is 41.5 Å². The lowest BCUT2D eigenvalue weighted by atomic mass is 10.0. The Kier molecular flexibility index (Phi) is 2.50. The molecule has 0 bridgehead atoms. The van der Waals surface area contributed by atoms with E-state index in [2.05, 4.69) is 10.3 Å². The lowest BCUT2D eigenvalue weighted by Gasteiger charge is -2.18. The fourth-order valence-electron chi connectivity index (χ4n) is 1.55. The van der Waals surface area contributed by atoms with Crippen LogP contribution in [0.4, 0.5) is 11.4 Å². The third kappa shape index (κ3) is 1.51. The van der Waals surface area contributed by atoms with Crippen molar-refractivity contribution in [3.05, 3.63) is 23.8 Å². The average Bonchev–Trinajstić information content (AvgIpc) is 2.20. The Balaban J connectivity index is 2.54. The third-order valence-corrected chi connectivity index (χ3v) is 2.28. The summed E-state index contributed by atoms with van der Waals surface area (Å²) in [5, 5.41) is 3.15. The molecule has 1 heterocycles. The minimum Gasteiger partial charge on any atom is -0.382 e. The van der Waals surface area contributed by atoms with E-state index in [1.54, 1.807) is 6.07 Å². The summed E-state index contributed by atoms with van der Waals surface area (Å²) < 4.78 is 0. The van der Waals surface area contributed by atoms with E-state index >= 15 is 0 Å². The lowest BCUT2D eigenvalue weighted by molar-refractivity contribution is 0.0984. The zero-order valence-corrected chi connectivity index (χ0v) is 8.21. The number of anilines is 1. The number of benzene rings is 1. The van der Waals surface area contributed by atoms with Crippen molar-refractivity contribution in [1.29, 1.82) is 0 Å². The van der Waals surface area contributed by atoms with Gasteiger partial charge in [0.15, 0.2) is 5.78 Å². The largest absolute Gasteiger partial charge is 0.382 e. The van der Waals surface area contributed by atoms with Gasteiger partial charge in [0.2, 0.25) is 0 Å². The van der Waals surface area contributed by atoms with Gasteiger partial charge in [-0.2, -0.15) is 0 Å². The zero-order chi connectivity index (χ0) is 9.97. The molecular weight excluding hydrogens is 200 g/mol. The summed E-state index contributed by atoms with van der Waals surface area (Å²) in [5.74, 6) is 0.158. The third-order valence-electron chi connectivity index (χ3n) is 2.18. The summed E-state index contributed by atoms with van der Waals surface area (Å²) in [6.07, 6.45) is 0.543. The number of aliphatic imine (C=N–C) groups is 1. The Morgan fingerprint density at radius 3 is 3.14 bits per heavy atom. The molecule has 1 aliphatic rings. The van der Waals surface area contributed by atoms with Crippen LogP contribution in [0.3, 0.4) is 0 Å². The number of para-hydroxylation sites is 1. The average molecular weight is 209 g/mol. The van der Waals surface area contributed by atoms with Crippen LogP contribution < -0.4 is 5.32 Å². The second-order valence-electron chi connectivity index (χ2n) is 3.03. The molecule has 1 aromatic carbocycles. The predicted molar refractivity (Wildman–Crippen MR) is 57.9 cm³/mol. The van der Waals surface area contributed by atoms with Crippen LogP contribution in [0.2, 0.25) is 0 Å². The van der Waals surface area contributed by atoms with E-state index < -0.39 is 0 Å². The normalized spacial score (nSPS) is 15.4. The van der Waals surface area contributed by atoms with Gasteiger partial charge in [0.25, 0.3) is 0 Å². The highest BCUT2D eigenvalue weighted by molar-refractivity contribution is 6.56. The second-order valence-corrected chi connectivity index (χ2v) is 3.22. The fraction of sp³-hybridized carbons (Fsp3) is 0.200. The van der Waals surface area contributed by atoms with Gasteiger partial charge in [-0.25, -0.2) is 4.99 Å². The molecule has 3 nitrogen and oxygen atoms in total. The number of hydrogen-bond donors (Lipinski definition) is 1. The molecule has 0 fully saturated rings. The Morgan fingerprint density at radius 1 is 1.50 bits per heavy atom. The van der Waals surface area contributed by atoms with E-state index in [9.17, 15) is 4.79 Å². The number of fused-ring (bicyclic) bond motifs is 1. The van der Waals surface area contributed by atoms with Crippen LogP contribution in [-0.4, -0.2) is 18.0 Å². The van der Waals surface area contributed by atoms with Crippen LogP contribution in [0.5, 0.6) is 0 Å². The van der Waals surface area contributed by atoms with Gasteiger partial charge in [0.05, 0.1) is 17.0 Å². The van der Waals surface area contributed by atoms with Gasteiger partial charge in [-0.15, -0.1) is 0 Å². The molecule has 0 atom stereocenters. The zero-order valence-electron chi connectivity index (χ0n) is 7.46. The maximum atomic E-state index is 11.5. The maximum Gasteiger partial charge on any atom is 0.166 e. The lowest BCUT2D eigenvalue weighted by Crippen LogP contribution is -2.17. The number of carbonyl (C=O) groups excluding carboxylic acids is 1. The maximum absolute atomic E-state index is 11.5. The summed E-state index contributed by atoms with van der Waals surface area (Å²) in [6.45, 7) is 0.667. The molecule has 0 amide bonds. The summed E-state index contributed by atoms with van der Waals surface area (Å²) in [5.41, 5.74) is 3.42. The van der Waals surface area contributed by atoms with Crippen LogP contribution in [-0.2, 0) is 0 Å². The number of Topliss-reactive ketones (excluding diaryl/α,β-unsaturated/α-hetero) is 1. The summed E-state index contributed by atoms with van der Waals surface area (Å²) in [7, 11) is 0. The monoisotopic (exact) mass is 208 g/mol. The Labute approximate surface area is 86.8 Å². The minimum atomic E-state index is 0.158. The van der Waals surface area contributed by atoms with Crippen molar-refractivity contribution in [1.82, 2.24) is 0 Å². The van der Waals surface area contributed by atoms with Crippen molar-refractivity contribution < 1.29 is 4.79 Å². The number of nitrogens with zero attached hydrogens (tertiary/aromatic N) is 1. The first-order chi connectivity index (χ1) is 6.83. The van der Waals surface area contributed by atoms with E-state index in [4.69, 9.17) is 11.6 Å². The molecule has 4 heteroatoms. The fourth-order valence-corrected chi connectivity index (χ4v) is 1.66. The van der Waals surface area contributed by atoms with Crippen LogP contribution >= 0.6 is 11.6 Å². The van der Waals surface area contributed by atoms with Crippen LogP contribution in [0.15, 0.2) is 23.2 Å². The molecule has 1 aliphatic heterocycles. The quantitative estimate of drug-likeness (QED) is 0.721. The van der Waals surface area contributed by atoms with Gasteiger partial charge in [-0.3, -0.25) is 4.79 Å². The molecular formula is C10H9ClN2O. The van der Waals surface area contributed by atoms with Crippen molar-refractivity contribution in [2.24, 2.45) is 4.99 Å². The van der Waals surface area contributed by atoms with E-state index in [0.29, 0.717) is 24.2 Å². The molecule has 0 saturated carbocycles. The number of carbonyl (C=O) groups is 1. The number of hydrogen-bond acceptors (Lipinski definition) is 3. The van der Waals surface area contributed by atoms with Gasteiger partial charge < -0.3 is 5.32 Å². The van der Waals surface area contributed by atoms with Crippen molar-refractivity contribution in [2.45, 2.75) is 6.42 Å². The van der Waals surface area contributed by atoms with Gasteiger partial charge in [0, 0.05) is 18.5 Å². The van der Waals surface area contributed by atoms with Crippen LogP contribution in [0.25, 0.3) is 0 Å². The first-order valence-electron chi connectivity index (χ1n) is 4.36. The summed E-state index contributed by atoms with van der Waals surface area (Å²) in [6, 6.07) is 5.43. The number of halogens is 1. The molecule has 1 N–H and O–H groups in total. The van der Waals surface area contributed by atoms with Crippen molar-refractivity contribution in [2.75, 3.05) is 11.9 Å². The molecule has 0 unspecified atom stereocenters. The first-order valence-corrected chi connectivity index (χ1v) is 4.79. The molecule has 0 aromatic heterocycles. The molecule has 0 radical (unpaired) electrons. The van der Waals surface area contributed by atoms with E-state index in [0.717, 1.165) is 5.69 Å². The molecule has 0 aliphatic carbocycles. The van der Waals surface area contributed by atoms with Gasteiger partial charge >= 0.3 is 0 Å². The van der Waals surface area contributed by atoms with Gasteiger partial charge in [-0.1, -0.05) is 17.7 Å². The van der Waals surface area contributed by atoms with Crippen LogP contribution in [0, 0.1) is 0 Å². The van der Waals surface area contributed by atoms with E-state index in [1.807, 2.05) is 12.1 Å². The Hall–Kier alpha value is -1.35. The minimum absolute atomic E-state index is 0.158. The SMILES string of the molecule is O=C1CCNc2c(N=CCl)cccc21. The molecule has 2 rings (SSSR count). The van der Waals surface area contributed by atoms with Crippen molar-refractivity contribution in [3.8, 4) is 0 Å². The highest BCUT2D eigenvalue weighted by Crippen LogP contribution is 2.31. The Morgan fingerprint density at radius 2 is 2.36 bits per heavy atom. The smallest absolute Gasteiger partial charge is 0.166 e. The predicted octanol–water partition coefficient (Wildman–Crippen LogP) is 2.58. The van der Waals surface area contributed by atoms with Gasteiger partial charge in [-0.05, 0) is 12.1 Å². The first kappa shape index (κ1) is 9.21. The molecule has 14 heavy (non-hydrogen) atoms. The second kappa shape index (κ2) is 3.80. The number of rotatable bonds is 1. The van der Waals surface area contributed by atoms with E-state index in [1.165, 1.54) is 5.67 Å². The molecule has 72 valence electrons. The van der Waals surface area contributed by atoms with Crippen molar-refractivity contribution >= 4 is 34.4 Å². The summed E-state index contributed by atoms with van der Waals surface area (Å²) in [4.78, 5) is 15.5. The highest BCUT2D eigenvalue weighted by Gasteiger charge is 2.18. The number of nitrogens with one attached hydrogen (secondary N) is 1. The van der Waals surface area contributed by atoms with Gasteiger partial charge in [0.1, 0.15) is 0 Å². The van der Waals surface area contributed by atoms with Crippen molar-refractivity contribution in [3.63, 3.8) is 0 Å². The molecule has 0 saturated heterocycles. The number of ketones is 1. The summed E-state index contributed by atoms with van der Waals surface area (Å²) >= 11 is 5.41. The Bertz CT molecular complexity index is 401. The standard InChI is InChI=1S/C10H9ClN2O/c11-6-13-8-3-1-2-7-9(14)4-5-12-10(7)8/h1-3,6,12H,4-5H2. The van der Waals surface area contributed by atoms with E-state index in [-0.39, 0.29) is 5.78 Å².